The highest BCUT2D eigenvalue weighted by Crippen LogP contribution is 2.62. The summed E-state index contributed by atoms with van der Waals surface area (Å²) in [6, 6.07) is 7.05. The van der Waals surface area contributed by atoms with E-state index in [9.17, 15) is 14.3 Å². The molecular formula is C28H41FN2O3. The second-order valence-corrected chi connectivity index (χ2v) is 11.5. The van der Waals surface area contributed by atoms with Crippen LogP contribution in [-0.4, -0.2) is 72.9 Å². The van der Waals surface area contributed by atoms with Crippen molar-refractivity contribution in [2.75, 3.05) is 39.9 Å². The topological polar surface area (TPSA) is 53.0 Å². The predicted octanol–water partition coefficient (Wildman–Crippen LogP) is 3.74. The Labute approximate surface area is 203 Å². The number of fused-ring (bicyclic) bond motifs is 4. The maximum atomic E-state index is 14.1. The lowest BCUT2D eigenvalue weighted by atomic mass is 9.57. The Balaban J connectivity index is 1.33. The molecule has 2 heterocycles. The molecule has 1 N–H and O–H groups in total. The fourth-order valence-corrected chi connectivity index (χ4v) is 8.39. The Kier molecular flexibility index (Phi) is 7.02. The van der Waals surface area contributed by atoms with Crippen LogP contribution in [0.4, 0.5) is 4.39 Å². The number of aliphatic hydroxyl groups is 1. The SMILES string of the molecule is COC1CCC2C(C1)CC1C2C2(CCN(CCc3ccccc3F)CC2)CN(C(C)=O)[C@H]1CO. The first-order valence-corrected chi connectivity index (χ1v) is 13.3. The predicted molar refractivity (Wildman–Crippen MR) is 130 cm³/mol. The highest BCUT2D eigenvalue weighted by molar-refractivity contribution is 5.74. The number of aliphatic hydroxyl groups excluding tert-OH is 1. The van der Waals surface area contributed by atoms with Gasteiger partial charge in [0.05, 0.1) is 18.8 Å². The number of methoxy groups -OCH3 is 1. The monoisotopic (exact) mass is 472 g/mol. The number of carbonyl (C=O) groups is 1. The molecule has 2 aliphatic heterocycles. The summed E-state index contributed by atoms with van der Waals surface area (Å²) in [5.74, 6) is 2.29. The Morgan fingerprint density at radius 3 is 2.62 bits per heavy atom. The molecule has 1 amide bonds. The van der Waals surface area contributed by atoms with Crippen LogP contribution < -0.4 is 0 Å². The number of likely N-dealkylation sites (tertiary alicyclic amines) is 2. The van der Waals surface area contributed by atoms with Gasteiger partial charge in [-0.15, -0.1) is 0 Å². The third kappa shape index (κ3) is 4.31. The maximum absolute atomic E-state index is 14.1. The summed E-state index contributed by atoms with van der Waals surface area (Å²) in [4.78, 5) is 17.2. The molecule has 0 bridgehead atoms. The number of hydrogen-bond donors (Lipinski definition) is 1. The van der Waals surface area contributed by atoms with E-state index in [1.54, 1.807) is 19.1 Å². The highest BCUT2D eigenvalue weighted by atomic mass is 19.1. The van der Waals surface area contributed by atoms with Crippen molar-refractivity contribution in [3.63, 3.8) is 0 Å². The lowest BCUT2D eigenvalue weighted by molar-refractivity contribution is -0.151. The van der Waals surface area contributed by atoms with Crippen LogP contribution in [0.15, 0.2) is 24.3 Å². The van der Waals surface area contributed by atoms with Gasteiger partial charge in [0.2, 0.25) is 5.91 Å². The Morgan fingerprint density at radius 1 is 1.18 bits per heavy atom. The molecule has 1 spiro atoms. The van der Waals surface area contributed by atoms with Gasteiger partial charge in [-0.1, -0.05) is 18.2 Å². The number of benzene rings is 1. The summed E-state index contributed by atoms with van der Waals surface area (Å²) >= 11 is 0. The van der Waals surface area contributed by atoms with Gasteiger partial charge in [-0.3, -0.25) is 4.79 Å². The number of piperidine rings is 2. The molecule has 5 unspecified atom stereocenters. The number of rotatable bonds is 5. The van der Waals surface area contributed by atoms with Gasteiger partial charge < -0.3 is 19.6 Å². The van der Waals surface area contributed by atoms with Gasteiger partial charge in [0.15, 0.2) is 0 Å². The zero-order chi connectivity index (χ0) is 23.9. The average Bonchev–Trinajstić information content (AvgIpc) is 3.24. The minimum Gasteiger partial charge on any atom is -0.394 e. The van der Waals surface area contributed by atoms with Crippen molar-refractivity contribution in [1.82, 2.24) is 9.80 Å². The lowest BCUT2D eigenvalue weighted by Gasteiger charge is -2.58. The number of halogens is 1. The van der Waals surface area contributed by atoms with E-state index in [4.69, 9.17) is 4.74 Å². The highest BCUT2D eigenvalue weighted by Gasteiger charge is 2.61. The zero-order valence-electron chi connectivity index (χ0n) is 20.8. The smallest absolute Gasteiger partial charge is 0.219 e. The third-order valence-corrected chi connectivity index (χ3v) is 10.0. The normalized spacial score (nSPS) is 35.2. The molecule has 0 aromatic heterocycles. The van der Waals surface area contributed by atoms with Crippen LogP contribution in [-0.2, 0) is 16.0 Å². The molecule has 34 heavy (non-hydrogen) atoms. The van der Waals surface area contributed by atoms with Crippen molar-refractivity contribution >= 4 is 5.91 Å². The molecule has 1 aromatic rings. The van der Waals surface area contributed by atoms with Gasteiger partial charge >= 0.3 is 0 Å². The fraction of sp³-hybridized carbons (Fsp3) is 0.750. The summed E-state index contributed by atoms with van der Waals surface area (Å²) in [6.45, 7) is 5.41. The molecule has 5 nitrogen and oxygen atoms in total. The van der Waals surface area contributed by atoms with E-state index in [0.29, 0.717) is 29.8 Å². The van der Waals surface area contributed by atoms with Gasteiger partial charge in [-0.25, -0.2) is 4.39 Å². The minimum absolute atomic E-state index is 0.0428. The van der Waals surface area contributed by atoms with Crippen LogP contribution >= 0.6 is 0 Å². The van der Waals surface area contributed by atoms with E-state index in [-0.39, 0.29) is 29.8 Å². The van der Waals surface area contributed by atoms with Crippen LogP contribution in [0.1, 0.15) is 51.0 Å². The van der Waals surface area contributed by atoms with E-state index < -0.39 is 0 Å². The van der Waals surface area contributed by atoms with Gasteiger partial charge in [0.25, 0.3) is 0 Å². The van der Waals surface area contributed by atoms with Crippen LogP contribution in [0, 0.1) is 34.9 Å². The Hall–Kier alpha value is -1.50. The van der Waals surface area contributed by atoms with E-state index in [1.807, 2.05) is 24.1 Å². The Morgan fingerprint density at radius 2 is 1.94 bits per heavy atom. The minimum atomic E-state index is -0.109. The second-order valence-electron chi connectivity index (χ2n) is 11.5. The molecule has 2 aliphatic carbocycles. The lowest BCUT2D eigenvalue weighted by Crippen LogP contribution is -2.63. The maximum Gasteiger partial charge on any atom is 0.219 e. The van der Waals surface area contributed by atoms with E-state index in [2.05, 4.69) is 4.90 Å². The average molecular weight is 473 g/mol. The number of nitrogens with zero attached hydrogens (tertiary/aromatic N) is 2. The summed E-state index contributed by atoms with van der Waals surface area (Å²) < 4.78 is 19.8. The van der Waals surface area contributed by atoms with Crippen molar-refractivity contribution in [3.8, 4) is 0 Å². The van der Waals surface area contributed by atoms with Gasteiger partial charge in [-0.2, -0.15) is 0 Å². The molecular weight excluding hydrogens is 431 g/mol. The molecule has 4 fully saturated rings. The van der Waals surface area contributed by atoms with Crippen molar-refractivity contribution in [1.29, 1.82) is 0 Å². The number of ether oxygens (including phenoxy) is 1. The van der Waals surface area contributed by atoms with E-state index in [1.165, 1.54) is 6.42 Å². The largest absolute Gasteiger partial charge is 0.394 e. The van der Waals surface area contributed by atoms with Crippen LogP contribution in [0.3, 0.4) is 0 Å². The molecule has 188 valence electrons. The number of hydrogen-bond acceptors (Lipinski definition) is 4. The van der Waals surface area contributed by atoms with Crippen LogP contribution in [0.5, 0.6) is 0 Å². The Bertz CT molecular complexity index is 871. The second kappa shape index (κ2) is 9.87. The van der Waals surface area contributed by atoms with Crippen molar-refractivity contribution in [3.05, 3.63) is 35.6 Å². The van der Waals surface area contributed by atoms with Gasteiger partial charge in [-0.05, 0) is 98.8 Å². The van der Waals surface area contributed by atoms with Gasteiger partial charge in [0.1, 0.15) is 5.82 Å². The molecule has 2 saturated heterocycles. The van der Waals surface area contributed by atoms with Crippen LogP contribution in [0.2, 0.25) is 0 Å². The number of amides is 1. The van der Waals surface area contributed by atoms with Gasteiger partial charge in [0, 0.05) is 27.1 Å². The fourth-order valence-electron chi connectivity index (χ4n) is 8.39. The van der Waals surface area contributed by atoms with Crippen LogP contribution in [0.25, 0.3) is 0 Å². The molecule has 6 atom stereocenters. The van der Waals surface area contributed by atoms with Crippen molar-refractivity contribution in [2.45, 2.75) is 64.0 Å². The third-order valence-electron chi connectivity index (χ3n) is 10.0. The molecule has 5 rings (SSSR count). The zero-order valence-corrected chi connectivity index (χ0v) is 20.8. The summed E-state index contributed by atoms with van der Waals surface area (Å²) in [7, 11) is 1.83. The van der Waals surface area contributed by atoms with Crippen molar-refractivity contribution in [2.24, 2.45) is 29.1 Å². The summed E-state index contributed by atoms with van der Waals surface area (Å²) in [6.07, 6.45) is 7.84. The molecule has 4 aliphatic rings. The first kappa shape index (κ1) is 24.2. The quantitative estimate of drug-likeness (QED) is 0.709. The standard InChI is InChI=1S/C28H41FN2O3/c1-19(33)31-18-28(10-13-30(14-11-28)12-9-20-5-3-4-6-25(20)29)27-23-8-7-22(34-2)15-21(23)16-24(27)26(31)17-32/h3-6,21-24,26-27,32H,7-18H2,1-2H3/t21?,22?,23?,24?,26-,27?/m0/s1. The van der Waals surface area contributed by atoms with E-state index >= 15 is 0 Å². The molecule has 6 heteroatoms. The van der Waals surface area contributed by atoms with E-state index in [0.717, 1.165) is 70.3 Å². The molecule has 0 radical (unpaired) electrons. The number of carbonyl (C=O) groups excluding carboxylic acids is 1. The molecule has 2 saturated carbocycles. The molecule has 1 aromatic carbocycles. The first-order chi connectivity index (χ1) is 16.5. The van der Waals surface area contributed by atoms with Crippen molar-refractivity contribution < 1.29 is 19.0 Å². The first-order valence-electron chi connectivity index (χ1n) is 13.3. The summed E-state index contributed by atoms with van der Waals surface area (Å²) in [5.41, 5.74) is 0.929. The summed E-state index contributed by atoms with van der Waals surface area (Å²) in [5, 5.41) is 10.4.